The number of amides is 2. The highest BCUT2D eigenvalue weighted by molar-refractivity contribution is 5.84. The molecule has 0 bridgehead atoms. The Morgan fingerprint density at radius 1 is 1.05 bits per heavy atom. The van der Waals surface area contributed by atoms with E-state index in [1.807, 2.05) is 0 Å². The number of hydrogen-bond acceptors (Lipinski definition) is 2. The maximum Gasteiger partial charge on any atom is 0.442 e. The zero-order chi connectivity index (χ0) is 14.0. The fourth-order valence-electron chi connectivity index (χ4n) is 2.48. The van der Waals surface area contributed by atoms with Crippen LogP contribution in [0.3, 0.4) is 0 Å². The first-order chi connectivity index (χ1) is 9.19. The Kier molecular flexibility index (Phi) is 7.91. The highest BCUT2D eigenvalue weighted by Crippen LogP contribution is 2.15. The predicted octanol–water partition coefficient (Wildman–Crippen LogP) is 4.43. The van der Waals surface area contributed by atoms with E-state index in [0.29, 0.717) is 6.54 Å². The molecule has 0 radical (unpaired) electrons. The number of carbonyl (C=O) groups excluding carboxylic acids is 1. The number of quaternary nitrogens is 1. The fraction of sp³-hybridized carbons (Fsp3) is 0.867. The highest BCUT2D eigenvalue weighted by atomic mass is 16.6. The van der Waals surface area contributed by atoms with Crippen molar-refractivity contribution in [3.63, 3.8) is 0 Å². The lowest BCUT2D eigenvalue weighted by molar-refractivity contribution is -0.784. The van der Waals surface area contributed by atoms with Crippen molar-refractivity contribution >= 4 is 12.2 Å². The maximum atomic E-state index is 11.9. The summed E-state index contributed by atoms with van der Waals surface area (Å²) in [5.41, 5.74) is 0. The zero-order valence-electron chi connectivity index (χ0n) is 12.3. The molecule has 1 unspecified atom stereocenters. The van der Waals surface area contributed by atoms with Gasteiger partial charge in [0.1, 0.15) is 6.54 Å². The summed E-state index contributed by atoms with van der Waals surface area (Å²) in [6, 6.07) is -0.518. The Bertz CT molecular complexity index is 292. The largest absolute Gasteiger partial charge is 0.623 e. The van der Waals surface area contributed by atoms with Gasteiger partial charge in [0.15, 0.2) is 0 Å². The van der Waals surface area contributed by atoms with Crippen LogP contribution >= 0.6 is 0 Å². The molecule has 0 aromatic heterocycles. The van der Waals surface area contributed by atoms with E-state index in [2.05, 4.69) is 11.9 Å². The summed E-state index contributed by atoms with van der Waals surface area (Å²) >= 11 is 0. The third kappa shape index (κ3) is 6.30. The highest BCUT2D eigenvalue weighted by Gasteiger charge is 2.29. The number of hydrogen-bond donors (Lipinski definition) is 0. The summed E-state index contributed by atoms with van der Waals surface area (Å²) in [6.45, 7) is 2.87. The molecule has 0 N–H and O–H groups in total. The van der Waals surface area contributed by atoms with Gasteiger partial charge in [-0.05, 0) is 12.8 Å². The Morgan fingerprint density at radius 3 is 2.05 bits per heavy atom. The SMILES string of the molecule is CCCCCCCCCCCC[N+]1([O-])CC=NC1=O. The van der Waals surface area contributed by atoms with E-state index in [1.54, 1.807) is 0 Å². The fourth-order valence-corrected chi connectivity index (χ4v) is 2.48. The van der Waals surface area contributed by atoms with E-state index in [0.717, 1.165) is 12.8 Å². The van der Waals surface area contributed by atoms with Gasteiger partial charge in [-0.15, -0.1) is 0 Å². The molecule has 4 heteroatoms. The van der Waals surface area contributed by atoms with E-state index in [9.17, 15) is 10.0 Å². The van der Waals surface area contributed by atoms with Gasteiger partial charge in [0, 0.05) is 0 Å². The van der Waals surface area contributed by atoms with Crippen LogP contribution in [0.25, 0.3) is 0 Å². The second kappa shape index (κ2) is 9.21. The number of hydroxylamine groups is 3. The lowest BCUT2D eigenvalue weighted by Gasteiger charge is -2.33. The number of nitrogens with zero attached hydrogens (tertiary/aromatic N) is 2. The number of aliphatic imine (C=N–C) groups is 1. The van der Waals surface area contributed by atoms with Crippen molar-refractivity contribution < 1.29 is 9.44 Å². The molecule has 4 nitrogen and oxygen atoms in total. The van der Waals surface area contributed by atoms with E-state index >= 15 is 0 Å². The zero-order valence-corrected chi connectivity index (χ0v) is 12.3. The van der Waals surface area contributed by atoms with Gasteiger partial charge in [-0.1, -0.05) is 58.3 Å². The monoisotopic (exact) mass is 268 g/mol. The van der Waals surface area contributed by atoms with Gasteiger partial charge in [-0.2, -0.15) is 4.99 Å². The Morgan fingerprint density at radius 2 is 1.58 bits per heavy atom. The molecule has 0 aliphatic carbocycles. The van der Waals surface area contributed by atoms with Crippen LogP contribution in [-0.2, 0) is 0 Å². The van der Waals surface area contributed by atoms with Crippen LogP contribution in [0.2, 0.25) is 0 Å². The summed E-state index contributed by atoms with van der Waals surface area (Å²) < 4.78 is -0.753. The average Bonchev–Trinajstić information content (AvgIpc) is 2.72. The molecular formula is C15H28N2O2. The molecule has 0 saturated carbocycles. The van der Waals surface area contributed by atoms with E-state index in [4.69, 9.17) is 0 Å². The lowest BCUT2D eigenvalue weighted by atomic mass is 10.1. The van der Waals surface area contributed by atoms with Crippen molar-refractivity contribution in [2.45, 2.75) is 71.1 Å². The molecule has 0 aromatic rings. The quantitative estimate of drug-likeness (QED) is 0.316. The Balaban J connectivity index is 1.88. The van der Waals surface area contributed by atoms with Crippen molar-refractivity contribution in [1.29, 1.82) is 0 Å². The van der Waals surface area contributed by atoms with Crippen LogP contribution in [0.1, 0.15) is 71.1 Å². The van der Waals surface area contributed by atoms with E-state index in [1.165, 1.54) is 57.6 Å². The van der Waals surface area contributed by atoms with Gasteiger partial charge >= 0.3 is 6.03 Å². The second-order valence-corrected chi connectivity index (χ2v) is 5.57. The molecule has 1 heterocycles. The minimum absolute atomic E-state index is 0.232. The topological polar surface area (TPSA) is 52.5 Å². The molecule has 1 aliphatic heterocycles. The second-order valence-electron chi connectivity index (χ2n) is 5.57. The minimum Gasteiger partial charge on any atom is -0.623 e. The first kappa shape index (κ1) is 16.3. The molecule has 19 heavy (non-hydrogen) atoms. The van der Waals surface area contributed by atoms with Crippen LogP contribution in [0.4, 0.5) is 4.79 Å². The summed E-state index contributed by atoms with van der Waals surface area (Å²) in [6.07, 6.45) is 13.8. The van der Waals surface area contributed by atoms with Gasteiger partial charge in [-0.25, -0.2) is 4.79 Å². The van der Waals surface area contributed by atoms with Crippen molar-refractivity contribution in [1.82, 2.24) is 0 Å². The summed E-state index contributed by atoms with van der Waals surface area (Å²) in [5, 5.41) is 11.9. The number of urea groups is 1. The maximum absolute atomic E-state index is 11.9. The normalized spacial score (nSPS) is 22.3. The minimum atomic E-state index is -0.753. The molecule has 1 rings (SSSR count). The summed E-state index contributed by atoms with van der Waals surface area (Å²) in [4.78, 5) is 14.8. The van der Waals surface area contributed by atoms with E-state index in [-0.39, 0.29) is 6.54 Å². The average molecular weight is 268 g/mol. The molecule has 110 valence electrons. The first-order valence-electron chi connectivity index (χ1n) is 7.84. The van der Waals surface area contributed by atoms with Crippen molar-refractivity contribution in [2.75, 3.05) is 13.1 Å². The molecule has 0 aromatic carbocycles. The van der Waals surface area contributed by atoms with Gasteiger partial charge in [0.2, 0.25) is 0 Å². The van der Waals surface area contributed by atoms with Gasteiger partial charge in [0.25, 0.3) is 0 Å². The van der Waals surface area contributed by atoms with Crippen molar-refractivity contribution in [3.8, 4) is 0 Å². The van der Waals surface area contributed by atoms with Gasteiger partial charge in [0.05, 0.1) is 12.8 Å². The summed E-state index contributed by atoms with van der Waals surface area (Å²) in [5.74, 6) is 0. The van der Waals surface area contributed by atoms with E-state index < -0.39 is 10.7 Å². The van der Waals surface area contributed by atoms with Gasteiger partial charge < -0.3 is 5.21 Å². The molecule has 1 aliphatic rings. The number of rotatable bonds is 11. The Labute approximate surface area is 117 Å². The Hall–Kier alpha value is -0.740. The van der Waals surface area contributed by atoms with Crippen LogP contribution in [0.15, 0.2) is 4.99 Å². The smallest absolute Gasteiger partial charge is 0.442 e. The third-order valence-corrected chi connectivity index (χ3v) is 3.80. The molecule has 2 amide bonds. The molecule has 1 atom stereocenters. The van der Waals surface area contributed by atoms with Crippen molar-refractivity contribution in [3.05, 3.63) is 5.21 Å². The third-order valence-electron chi connectivity index (χ3n) is 3.80. The molecule has 0 spiro atoms. The molecular weight excluding hydrogens is 240 g/mol. The molecule has 0 fully saturated rings. The van der Waals surface area contributed by atoms with Crippen LogP contribution in [-0.4, -0.2) is 30.0 Å². The van der Waals surface area contributed by atoms with Crippen LogP contribution < -0.4 is 0 Å². The standard InChI is InChI=1S/C15H28N2O2/c1-2-3-4-5-6-7-8-9-10-11-13-17(19)14-12-16-15(17)18/h12H,2-11,13-14H2,1H3. The molecule has 0 saturated heterocycles. The van der Waals surface area contributed by atoms with Crippen LogP contribution in [0.5, 0.6) is 0 Å². The number of carbonyl (C=O) groups is 1. The van der Waals surface area contributed by atoms with Crippen molar-refractivity contribution in [2.24, 2.45) is 4.99 Å². The predicted molar refractivity (Wildman–Crippen MR) is 79.1 cm³/mol. The van der Waals surface area contributed by atoms with Gasteiger partial charge in [-0.3, -0.25) is 4.65 Å². The lowest BCUT2D eigenvalue weighted by Crippen LogP contribution is -2.44. The van der Waals surface area contributed by atoms with Crippen LogP contribution in [0, 0.1) is 5.21 Å². The number of unbranched alkanes of at least 4 members (excludes halogenated alkanes) is 9. The first-order valence-corrected chi connectivity index (χ1v) is 7.84. The summed E-state index contributed by atoms with van der Waals surface area (Å²) in [7, 11) is 0.